The van der Waals surface area contributed by atoms with Gasteiger partial charge in [0.25, 0.3) is 0 Å². The number of benzene rings is 1. The molecule has 3 aliphatic rings. The van der Waals surface area contributed by atoms with Crippen molar-refractivity contribution in [2.75, 3.05) is 11.5 Å². The van der Waals surface area contributed by atoms with Crippen LogP contribution < -0.4 is 14.4 Å². The second-order valence-electron chi connectivity index (χ2n) is 8.70. The lowest BCUT2D eigenvalue weighted by atomic mass is 9.92. The van der Waals surface area contributed by atoms with Gasteiger partial charge in [0.2, 0.25) is 11.8 Å². The van der Waals surface area contributed by atoms with Gasteiger partial charge in [0.05, 0.1) is 18.2 Å². The van der Waals surface area contributed by atoms with E-state index in [1.807, 2.05) is 19.1 Å². The van der Waals surface area contributed by atoms with Gasteiger partial charge in [-0.05, 0) is 43.5 Å². The van der Waals surface area contributed by atoms with Crippen LogP contribution in [0.5, 0.6) is 17.2 Å². The average Bonchev–Trinajstić information content (AvgIpc) is 3.26. The molecular weight excluding hydrogens is 356 g/mol. The molecule has 1 saturated heterocycles. The number of imide groups is 1. The number of rotatable bonds is 3. The summed E-state index contributed by atoms with van der Waals surface area (Å²) < 4.78 is 12.1. The number of ether oxygens (including phenoxy) is 2. The van der Waals surface area contributed by atoms with Crippen molar-refractivity contribution in [1.29, 1.82) is 0 Å². The number of hydrogen-bond acceptors (Lipinski definition) is 5. The molecule has 28 heavy (non-hydrogen) atoms. The second-order valence-corrected chi connectivity index (χ2v) is 8.70. The maximum Gasteiger partial charge on any atom is 0.241 e. The minimum Gasteiger partial charge on any atom is -0.492 e. The van der Waals surface area contributed by atoms with Crippen LogP contribution in [0.2, 0.25) is 0 Å². The van der Waals surface area contributed by atoms with Gasteiger partial charge in [0.15, 0.2) is 0 Å². The van der Waals surface area contributed by atoms with Gasteiger partial charge in [-0.25, -0.2) is 9.88 Å². The van der Waals surface area contributed by atoms with Crippen molar-refractivity contribution < 1.29 is 20.5 Å². The van der Waals surface area contributed by atoms with Gasteiger partial charge in [-0.3, -0.25) is 9.59 Å². The van der Waals surface area contributed by atoms with Gasteiger partial charge < -0.3 is 9.47 Å². The van der Waals surface area contributed by atoms with Gasteiger partial charge in [0, 0.05) is 18.8 Å². The van der Waals surface area contributed by atoms with Gasteiger partial charge in [-0.15, -0.1) is 0 Å². The number of aromatic nitrogens is 1. The normalized spacial score (nSPS) is 21.0. The summed E-state index contributed by atoms with van der Waals surface area (Å²) in [6, 6.07) is 7.38. The predicted molar refractivity (Wildman–Crippen MR) is 105 cm³/mol. The van der Waals surface area contributed by atoms with Crippen molar-refractivity contribution in [2.45, 2.75) is 45.4 Å². The lowest BCUT2D eigenvalue weighted by Crippen LogP contribution is -2.33. The summed E-state index contributed by atoms with van der Waals surface area (Å²) in [4.78, 5) is 30.2. The third-order valence-electron chi connectivity index (χ3n) is 6.00. The highest BCUT2D eigenvalue weighted by Crippen LogP contribution is 2.59. The van der Waals surface area contributed by atoms with E-state index in [-0.39, 0.29) is 25.1 Å². The maximum atomic E-state index is 12.5. The second kappa shape index (κ2) is 5.56. The molecular formula is C22H24N2O4. The number of pyridine rings is 1. The van der Waals surface area contributed by atoms with Crippen LogP contribution in [-0.4, -0.2) is 23.4 Å². The molecule has 5 rings (SSSR count). The first-order valence-corrected chi connectivity index (χ1v) is 9.59. The van der Waals surface area contributed by atoms with Crippen LogP contribution >= 0.6 is 0 Å². The van der Waals surface area contributed by atoms with Crippen LogP contribution in [-0.2, 0) is 15.0 Å². The van der Waals surface area contributed by atoms with Crippen molar-refractivity contribution in [3.8, 4) is 17.2 Å². The topological polar surface area (TPSA) is 68.7 Å². The quantitative estimate of drug-likeness (QED) is 0.749. The Morgan fingerprint density at radius 1 is 1.18 bits per heavy atom. The number of aryl methyl sites for hydroxylation is 1. The highest BCUT2D eigenvalue weighted by Gasteiger charge is 2.53. The summed E-state index contributed by atoms with van der Waals surface area (Å²) in [5, 5.41) is 0. The fourth-order valence-electron chi connectivity index (χ4n) is 4.14. The molecule has 3 heterocycles. The van der Waals surface area contributed by atoms with Crippen LogP contribution in [0.3, 0.4) is 0 Å². The lowest BCUT2D eigenvalue weighted by molar-refractivity contribution is -0.124. The Hall–Kier alpha value is -2.89. The van der Waals surface area contributed by atoms with Crippen molar-refractivity contribution in [3.63, 3.8) is 0 Å². The number of amides is 2. The number of nitrogens with zero attached hydrogens (tertiary/aromatic N) is 2. The molecule has 2 aliphatic heterocycles. The molecule has 6 nitrogen and oxygen atoms in total. The van der Waals surface area contributed by atoms with Crippen molar-refractivity contribution in [2.24, 2.45) is 5.41 Å². The molecule has 0 unspecified atom stereocenters. The van der Waals surface area contributed by atoms with Crippen LogP contribution in [0, 0.1) is 12.3 Å². The van der Waals surface area contributed by atoms with Gasteiger partial charge in [-0.2, -0.15) is 0 Å². The largest absolute Gasteiger partial charge is 0.492 e. The van der Waals surface area contributed by atoms with Crippen molar-refractivity contribution >= 4 is 17.6 Å². The summed E-state index contributed by atoms with van der Waals surface area (Å²) in [5.41, 5.74) is 1.69. The van der Waals surface area contributed by atoms with E-state index in [2.05, 4.69) is 4.98 Å². The van der Waals surface area contributed by atoms with Crippen molar-refractivity contribution in [1.82, 2.24) is 4.98 Å². The lowest BCUT2D eigenvalue weighted by Gasteiger charge is -2.17. The molecule has 1 spiro atoms. The number of hydrogen-bond donors (Lipinski definition) is 0. The zero-order valence-corrected chi connectivity index (χ0v) is 16.2. The molecule has 146 valence electrons. The molecule has 2 aromatic rings. The predicted octanol–water partition coefficient (Wildman–Crippen LogP) is 4.14. The fourth-order valence-corrected chi connectivity index (χ4v) is 4.14. The number of carbonyl (C=O) groups excluding carboxylic acids is 2. The van der Waals surface area contributed by atoms with Crippen LogP contribution in [0.1, 0.15) is 45.7 Å². The zero-order chi connectivity index (χ0) is 19.7. The average molecular weight is 380 g/mol. The molecule has 0 atom stereocenters. The van der Waals surface area contributed by atoms with Crippen LogP contribution in [0.25, 0.3) is 0 Å². The molecule has 0 N–H and O–H groups in total. The van der Waals surface area contributed by atoms with Crippen molar-refractivity contribution in [3.05, 3.63) is 41.6 Å². The third-order valence-corrected chi connectivity index (χ3v) is 6.00. The molecule has 1 saturated carbocycles. The first-order chi connectivity index (χ1) is 13.3. The molecule has 6 heteroatoms. The summed E-state index contributed by atoms with van der Waals surface area (Å²) in [7, 11) is 0. The highest BCUT2D eigenvalue weighted by atomic mass is 16.5. The SMILES string of the molecule is Cc1ccc(Oc2ccc(N3C(=O)CC(C)(C)C3=O)nc2)c2c1OCC21CC1.[HH]. The molecule has 1 aromatic heterocycles. The van der Waals surface area contributed by atoms with E-state index in [1.54, 1.807) is 32.2 Å². The Kier molecular flexibility index (Phi) is 3.42. The Bertz CT molecular complexity index is 1010. The number of anilines is 1. The van der Waals surface area contributed by atoms with E-state index in [9.17, 15) is 9.59 Å². The summed E-state index contributed by atoms with van der Waals surface area (Å²) in [6.45, 7) is 6.32. The van der Waals surface area contributed by atoms with E-state index >= 15 is 0 Å². The highest BCUT2D eigenvalue weighted by molar-refractivity contribution is 6.21. The standard InChI is InChI=1S/C22H22N2O4.H2/c1-13-4-6-15(18-19(13)27-12-22(18)8-9-22)28-14-5-7-16(23-11-14)24-17(25)10-21(2,3)20(24)26;/h4-7,11H,8-10,12H2,1-3H3;1H. The van der Waals surface area contributed by atoms with E-state index < -0.39 is 5.41 Å². The smallest absolute Gasteiger partial charge is 0.241 e. The third kappa shape index (κ3) is 2.44. The van der Waals surface area contributed by atoms with E-state index in [1.165, 1.54) is 4.90 Å². The Morgan fingerprint density at radius 2 is 1.96 bits per heavy atom. The first-order valence-electron chi connectivity index (χ1n) is 9.59. The van der Waals surface area contributed by atoms with Gasteiger partial charge in [-0.1, -0.05) is 19.9 Å². The summed E-state index contributed by atoms with van der Waals surface area (Å²) in [6.07, 6.45) is 3.99. The zero-order valence-electron chi connectivity index (χ0n) is 16.2. The summed E-state index contributed by atoms with van der Waals surface area (Å²) >= 11 is 0. The van der Waals surface area contributed by atoms with Gasteiger partial charge in [0.1, 0.15) is 23.1 Å². The Labute approximate surface area is 164 Å². The van der Waals surface area contributed by atoms with Gasteiger partial charge >= 0.3 is 0 Å². The van der Waals surface area contributed by atoms with E-state index in [0.29, 0.717) is 11.6 Å². The monoisotopic (exact) mass is 380 g/mol. The van der Waals surface area contributed by atoms with Crippen LogP contribution in [0.15, 0.2) is 30.5 Å². The molecule has 0 bridgehead atoms. The van der Waals surface area contributed by atoms with E-state index in [0.717, 1.165) is 42.1 Å². The maximum absolute atomic E-state index is 12.5. The Morgan fingerprint density at radius 3 is 2.57 bits per heavy atom. The summed E-state index contributed by atoms with van der Waals surface area (Å²) in [5.74, 6) is 2.19. The molecule has 1 aliphatic carbocycles. The van der Waals surface area contributed by atoms with Crippen LogP contribution in [0.4, 0.5) is 5.82 Å². The number of carbonyl (C=O) groups is 2. The molecule has 2 amide bonds. The fraction of sp³-hybridized carbons (Fsp3) is 0.409. The minimum atomic E-state index is -0.686. The number of fused-ring (bicyclic) bond motifs is 2. The van der Waals surface area contributed by atoms with E-state index in [4.69, 9.17) is 9.47 Å². The molecule has 2 fully saturated rings. The first kappa shape index (κ1) is 17.2. The minimum absolute atomic E-state index is 0. The molecule has 1 aromatic carbocycles. The Balaban J connectivity index is 0.00000205. The molecule has 0 radical (unpaired) electrons.